The molecule has 1 aliphatic carbocycles. The number of aliphatic hydroxyl groups is 1. The maximum Gasteiger partial charge on any atom is 0.209 e. The van der Waals surface area contributed by atoms with Crippen molar-refractivity contribution in [2.24, 2.45) is 35.8 Å². The number of azo groups is 3. The third-order valence-electron chi connectivity index (χ3n) is 7.30. The molecule has 4 aromatic rings. The van der Waals surface area contributed by atoms with Crippen LogP contribution >= 0.6 is 0 Å². The largest absolute Gasteiger partial charge is 0.505 e. The molecule has 242 valence electrons. The van der Waals surface area contributed by atoms with Gasteiger partial charge in [-0.2, -0.15) is 20.4 Å². The number of rotatable bonds is 10. The van der Waals surface area contributed by atoms with Gasteiger partial charge in [-0.3, -0.25) is 10.2 Å². The molecule has 0 spiro atoms. The molecule has 4 aromatic carbocycles. The van der Waals surface area contributed by atoms with E-state index in [9.17, 15) is 9.90 Å². The molecule has 0 aromatic heterocycles. The number of ether oxygens (including phenoxy) is 2. The average Bonchev–Trinajstić information content (AvgIpc) is 3.07. The van der Waals surface area contributed by atoms with Gasteiger partial charge < -0.3 is 14.6 Å². The fraction of sp³-hybridized carbons (Fsp3) is 0.167. The second kappa shape index (κ2) is 14.9. The first-order chi connectivity index (χ1) is 23.1. The smallest absolute Gasteiger partial charge is 0.209 e. The first-order valence-electron chi connectivity index (χ1n) is 14.9. The third kappa shape index (κ3) is 7.91. The Morgan fingerprint density at radius 2 is 1.29 bits per heavy atom. The Hall–Kier alpha value is -6.30. The van der Waals surface area contributed by atoms with Gasteiger partial charge in [0, 0.05) is 18.2 Å². The Labute approximate surface area is 278 Å². The van der Waals surface area contributed by atoms with Gasteiger partial charge in [-0.25, -0.2) is 0 Å². The van der Waals surface area contributed by atoms with Gasteiger partial charge >= 0.3 is 0 Å². The highest BCUT2D eigenvalue weighted by atomic mass is 16.5. The zero-order chi connectivity index (χ0) is 34.2. The lowest BCUT2D eigenvalue weighted by atomic mass is 10.1. The van der Waals surface area contributed by atoms with Crippen molar-refractivity contribution in [3.8, 4) is 11.5 Å². The van der Waals surface area contributed by atoms with Crippen molar-refractivity contribution in [2.75, 3.05) is 19.6 Å². The molecule has 0 unspecified atom stereocenters. The number of hydrogen-bond acceptors (Lipinski definition) is 12. The Bertz CT molecular complexity index is 2060. The Kier molecular flexibility index (Phi) is 10.2. The summed E-state index contributed by atoms with van der Waals surface area (Å²) in [6.07, 6.45) is 2.40. The first kappa shape index (κ1) is 33.1. The molecule has 0 saturated heterocycles. The number of carbonyl (C=O) groups is 1. The zero-order valence-electron chi connectivity index (χ0n) is 27.4. The first-order valence-corrected chi connectivity index (χ1v) is 14.9. The molecule has 0 atom stereocenters. The average molecular weight is 643 g/mol. The molecular formula is C36H34N8O4. The number of ketones is 1. The predicted molar refractivity (Wildman–Crippen MR) is 186 cm³/mol. The Morgan fingerprint density at radius 1 is 0.625 bits per heavy atom. The highest BCUT2D eigenvalue weighted by Gasteiger charge is 2.19. The summed E-state index contributed by atoms with van der Waals surface area (Å²) in [6, 6.07) is 22.1. The molecule has 0 bridgehead atoms. The van der Waals surface area contributed by atoms with E-state index in [2.05, 4.69) is 41.2 Å². The van der Waals surface area contributed by atoms with Crippen molar-refractivity contribution < 1.29 is 19.4 Å². The molecule has 1 aliphatic rings. The van der Waals surface area contributed by atoms with Gasteiger partial charge in [0.15, 0.2) is 0 Å². The monoisotopic (exact) mass is 642 g/mol. The number of methoxy groups -OCH3 is 2. The maximum atomic E-state index is 12.7. The van der Waals surface area contributed by atoms with Crippen LogP contribution in [0.15, 0.2) is 132 Å². The van der Waals surface area contributed by atoms with Crippen molar-refractivity contribution >= 4 is 45.6 Å². The number of nitrogens with zero attached hydrogens (tertiary/aromatic N) is 7. The van der Waals surface area contributed by atoms with Crippen LogP contribution in [0.1, 0.15) is 22.3 Å². The van der Waals surface area contributed by atoms with Crippen molar-refractivity contribution in [3.05, 3.63) is 119 Å². The molecule has 0 radical (unpaired) electrons. The molecule has 5 rings (SSSR count). The third-order valence-corrected chi connectivity index (χ3v) is 7.30. The molecule has 48 heavy (non-hydrogen) atoms. The van der Waals surface area contributed by atoms with E-state index in [1.54, 1.807) is 25.3 Å². The standard InChI is InChI=1S/C36H34N8O4/c1-21-11-13-26(22(2)15-21)38-37-25-12-14-28(36(18-25)48-6)40-43-31-19-32(34(46)20-33(31)45)44-42-30-17-23(3)29(16-24(30)4)41-39-27-9-7-8-10-35(27)47-5/h7-20,42,45H,1-6H3/b38-37?,41-39?,43-40?,44-32-. The maximum absolute atomic E-state index is 12.7. The van der Waals surface area contributed by atoms with Crippen LogP contribution in [-0.4, -0.2) is 30.8 Å². The van der Waals surface area contributed by atoms with Crippen LogP contribution in [-0.2, 0) is 4.79 Å². The number of anilines is 1. The van der Waals surface area contributed by atoms with Gasteiger partial charge in [0.2, 0.25) is 5.78 Å². The SMILES string of the molecule is COc1cc(N=Nc2ccc(C)cc2C)ccc1N=NC1=C/C(=N/Nc2cc(C)c(N=Nc3ccccc3OC)cc2C)C(=O)C=C1O. The van der Waals surface area contributed by atoms with E-state index in [-0.39, 0.29) is 17.2 Å². The second-order valence-corrected chi connectivity index (χ2v) is 10.9. The molecule has 0 aliphatic heterocycles. The summed E-state index contributed by atoms with van der Waals surface area (Å²) in [7, 11) is 3.09. The summed E-state index contributed by atoms with van der Waals surface area (Å²) < 4.78 is 10.8. The van der Waals surface area contributed by atoms with Crippen molar-refractivity contribution in [2.45, 2.75) is 27.7 Å². The predicted octanol–water partition coefficient (Wildman–Crippen LogP) is 10.2. The van der Waals surface area contributed by atoms with Crippen LogP contribution in [0.25, 0.3) is 0 Å². The minimum atomic E-state index is -0.494. The van der Waals surface area contributed by atoms with Crippen LogP contribution in [0, 0.1) is 27.7 Å². The van der Waals surface area contributed by atoms with Gasteiger partial charge in [0.05, 0.1) is 37.0 Å². The fourth-order valence-corrected chi connectivity index (χ4v) is 4.63. The van der Waals surface area contributed by atoms with E-state index < -0.39 is 5.78 Å². The lowest BCUT2D eigenvalue weighted by molar-refractivity contribution is -0.109. The summed E-state index contributed by atoms with van der Waals surface area (Å²) >= 11 is 0. The number of aliphatic hydroxyl groups excluding tert-OH is 1. The Balaban J connectivity index is 1.32. The molecule has 2 N–H and O–H groups in total. The lowest BCUT2D eigenvalue weighted by Crippen LogP contribution is -2.16. The van der Waals surface area contributed by atoms with E-state index in [0.717, 1.165) is 34.0 Å². The fourth-order valence-electron chi connectivity index (χ4n) is 4.63. The number of carbonyl (C=O) groups excluding carboxylic acids is 1. The van der Waals surface area contributed by atoms with Crippen LogP contribution < -0.4 is 14.9 Å². The van der Waals surface area contributed by atoms with Crippen LogP contribution in [0.2, 0.25) is 0 Å². The summed E-state index contributed by atoms with van der Waals surface area (Å²) in [5.74, 6) is 0.195. The molecule has 0 amide bonds. The van der Waals surface area contributed by atoms with Gasteiger partial charge in [-0.05, 0) is 86.8 Å². The lowest BCUT2D eigenvalue weighted by Gasteiger charge is -2.11. The van der Waals surface area contributed by atoms with Crippen molar-refractivity contribution in [1.29, 1.82) is 0 Å². The highest BCUT2D eigenvalue weighted by molar-refractivity contribution is 6.49. The zero-order valence-corrected chi connectivity index (χ0v) is 27.4. The van der Waals surface area contributed by atoms with Gasteiger partial charge in [0.1, 0.15) is 40.0 Å². The number of benzene rings is 4. The molecule has 0 fully saturated rings. The Morgan fingerprint density at radius 3 is 2.06 bits per heavy atom. The minimum Gasteiger partial charge on any atom is -0.505 e. The number of aryl methyl sites for hydroxylation is 4. The number of para-hydroxylation sites is 1. The molecule has 0 heterocycles. The molecule has 0 saturated carbocycles. The second-order valence-electron chi connectivity index (χ2n) is 10.9. The number of nitrogens with one attached hydrogen (secondary N) is 1. The van der Waals surface area contributed by atoms with E-state index in [0.29, 0.717) is 39.9 Å². The molecule has 12 nitrogen and oxygen atoms in total. The number of hydrogen-bond donors (Lipinski definition) is 2. The number of hydrazone groups is 1. The summed E-state index contributed by atoms with van der Waals surface area (Å²) in [6.45, 7) is 7.79. The normalized spacial score (nSPS) is 14.2. The van der Waals surface area contributed by atoms with E-state index in [1.165, 1.54) is 13.2 Å². The summed E-state index contributed by atoms with van der Waals surface area (Å²) in [5.41, 5.74) is 10.5. The van der Waals surface area contributed by atoms with Gasteiger partial charge in [-0.1, -0.05) is 29.8 Å². The van der Waals surface area contributed by atoms with Gasteiger partial charge in [-0.15, -0.1) is 15.3 Å². The van der Waals surface area contributed by atoms with E-state index >= 15 is 0 Å². The van der Waals surface area contributed by atoms with E-state index in [4.69, 9.17) is 9.47 Å². The molecular weight excluding hydrogens is 608 g/mol. The van der Waals surface area contributed by atoms with Crippen molar-refractivity contribution in [3.63, 3.8) is 0 Å². The summed E-state index contributed by atoms with van der Waals surface area (Å²) in [5, 5.41) is 40.5. The summed E-state index contributed by atoms with van der Waals surface area (Å²) in [4.78, 5) is 12.7. The van der Waals surface area contributed by atoms with E-state index in [1.807, 2.05) is 82.3 Å². The molecule has 12 heteroatoms. The van der Waals surface area contributed by atoms with Crippen LogP contribution in [0.4, 0.5) is 34.1 Å². The van der Waals surface area contributed by atoms with Gasteiger partial charge in [0.25, 0.3) is 0 Å². The van der Waals surface area contributed by atoms with Crippen LogP contribution in [0.5, 0.6) is 11.5 Å². The van der Waals surface area contributed by atoms with Crippen LogP contribution in [0.3, 0.4) is 0 Å². The highest BCUT2D eigenvalue weighted by Crippen LogP contribution is 2.35. The quantitative estimate of drug-likeness (QED) is 0.100. The van der Waals surface area contributed by atoms with Crippen molar-refractivity contribution in [1.82, 2.24) is 0 Å². The topological polar surface area (TPSA) is 154 Å². The number of allylic oxidation sites excluding steroid dienone is 2. The minimum absolute atomic E-state index is 0.0351.